The van der Waals surface area contributed by atoms with E-state index in [-0.39, 0.29) is 24.2 Å². The van der Waals surface area contributed by atoms with Crippen LogP contribution in [0.4, 0.5) is 5.69 Å². The Kier molecular flexibility index (Phi) is 8.36. The molecule has 1 aliphatic heterocycles. The Bertz CT molecular complexity index is 1230. The second kappa shape index (κ2) is 11.8. The number of para-hydroxylation sites is 1. The lowest BCUT2D eigenvalue weighted by molar-refractivity contribution is -0.135. The van der Waals surface area contributed by atoms with Gasteiger partial charge in [0.25, 0.3) is 0 Å². The van der Waals surface area contributed by atoms with Crippen molar-refractivity contribution < 1.29 is 19.5 Å². The van der Waals surface area contributed by atoms with Crippen LogP contribution >= 0.6 is 0 Å². The standard InChI is InChI=1S/C30H33N3O4/c1-19(2)17-25(34)28(35)32-26(21-13-7-4-8-14-21)29(36)33-27-23(20-11-5-3-6-12-20)18-22-15-9-10-16-24(22)31-30(27)37/h3-16,19,23,25-27,34H,17-18H2,1-2H3,(H,31,37)(H,32,35)(H,33,36)/t23-,25+,26+,27+/m1/s1. The summed E-state index contributed by atoms with van der Waals surface area (Å²) in [5.74, 6) is -1.70. The number of hydrogen-bond acceptors (Lipinski definition) is 4. The molecule has 1 aliphatic rings. The monoisotopic (exact) mass is 499 g/mol. The fourth-order valence-corrected chi connectivity index (χ4v) is 4.72. The number of fused-ring (bicyclic) bond motifs is 1. The first kappa shape index (κ1) is 26.1. The fourth-order valence-electron chi connectivity index (χ4n) is 4.72. The third kappa shape index (κ3) is 6.43. The van der Waals surface area contributed by atoms with E-state index in [1.807, 2.05) is 74.5 Å². The van der Waals surface area contributed by atoms with E-state index in [2.05, 4.69) is 16.0 Å². The Morgan fingerprint density at radius 1 is 0.919 bits per heavy atom. The summed E-state index contributed by atoms with van der Waals surface area (Å²) >= 11 is 0. The number of carbonyl (C=O) groups excluding carboxylic acids is 3. The van der Waals surface area contributed by atoms with Gasteiger partial charge in [-0.3, -0.25) is 14.4 Å². The van der Waals surface area contributed by atoms with Gasteiger partial charge >= 0.3 is 0 Å². The molecule has 0 spiro atoms. The van der Waals surface area contributed by atoms with E-state index < -0.39 is 30.0 Å². The summed E-state index contributed by atoms with van der Waals surface area (Å²) in [6, 6.07) is 24.1. The Morgan fingerprint density at radius 3 is 2.22 bits per heavy atom. The summed E-state index contributed by atoms with van der Waals surface area (Å²) in [6.07, 6.45) is -0.431. The van der Waals surface area contributed by atoms with Crippen molar-refractivity contribution in [1.82, 2.24) is 10.6 Å². The first-order valence-electron chi connectivity index (χ1n) is 12.6. The lowest BCUT2D eigenvalue weighted by atomic mass is 9.86. The summed E-state index contributed by atoms with van der Waals surface area (Å²) in [5.41, 5.74) is 3.17. The van der Waals surface area contributed by atoms with Crippen LogP contribution in [0.5, 0.6) is 0 Å². The summed E-state index contributed by atoms with van der Waals surface area (Å²) in [5, 5.41) is 18.9. The summed E-state index contributed by atoms with van der Waals surface area (Å²) in [6.45, 7) is 3.81. The van der Waals surface area contributed by atoms with Crippen molar-refractivity contribution in [3.05, 3.63) is 102 Å². The second-order valence-corrected chi connectivity index (χ2v) is 9.85. The average Bonchev–Trinajstić information content (AvgIpc) is 3.03. The highest BCUT2D eigenvalue weighted by Gasteiger charge is 2.37. The SMILES string of the molecule is CC(C)C[C@H](O)C(=O)N[C@H](C(=O)N[C@@H]1C(=O)Nc2ccccc2C[C@@H]1c1ccccc1)c1ccccc1. The molecule has 7 heteroatoms. The van der Waals surface area contributed by atoms with E-state index in [1.165, 1.54) is 0 Å². The van der Waals surface area contributed by atoms with Gasteiger partial charge in [0.2, 0.25) is 17.7 Å². The van der Waals surface area contributed by atoms with E-state index in [9.17, 15) is 19.5 Å². The van der Waals surface area contributed by atoms with Gasteiger partial charge in [0, 0.05) is 11.6 Å². The van der Waals surface area contributed by atoms with Crippen LogP contribution in [0.25, 0.3) is 0 Å². The molecular weight excluding hydrogens is 466 g/mol. The van der Waals surface area contributed by atoms with Crippen LogP contribution < -0.4 is 16.0 Å². The zero-order valence-electron chi connectivity index (χ0n) is 21.1. The largest absolute Gasteiger partial charge is 0.383 e. The van der Waals surface area contributed by atoms with E-state index in [0.29, 0.717) is 12.0 Å². The molecule has 0 bridgehead atoms. The third-order valence-electron chi connectivity index (χ3n) is 6.60. The maximum atomic E-state index is 13.7. The molecule has 0 saturated heterocycles. The lowest BCUT2D eigenvalue weighted by Gasteiger charge is -2.28. The highest BCUT2D eigenvalue weighted by atomic mass is 16.3. The highest BCUT2D eigenvalue weighted by Crippen LogP contribution is 2.32. The summed E-state index contributed by atoms with van der Waals surface area (Å²) < 4.78 is 0. The Labute approximate surface area is 217 Å². The Balaban J connectivity index is 1.64. The highest BCUT2D eigenvalue weighted by molar-refractivity contribution is 6.00. The smallest absolute Gasteiger partial charge is 0.249 e. The quantitative estimate of drug-likeness (QED) is 0.379. The molecule has 0 aliphatic carbocycles. The summed E-state index contributed by atoms with van der Waals surface area (Å²) in [4.78, 5) is 40.0. The molecule has 3 aromatic carbocycles. The molecule has 0 saturated carbocycles. The number of aliphatic hydroxyl groups is 1. The van der Waals surface area contributed by atoms with Crippen LogP contribution in [-0.2, 0) is 20.8 Å². The van der Waals surface area contributed by atoms with E-state index in [4.69, 9.17) is 0 Å². The van der Waals surface area contributed by atoms with E-state index in [0.717, 1.165) is 16.8 Å². The van der Waals surface area contributed by atoms with Crippen molar-refractivity contribution in [2.75, 3.05) is 5.32 Å². The second-order valence-electron chi connectivity index (χ2n) is 9.85. The maximum Gasteiger partial charge on any atom is 0.249 e. The van der Waals surface area contributed by atoms with Gasteiger partial charge in [-0.25, -0.2) is 0 Å². The van der Waals surface area contributed by atoms with Gasteiger partial charge in [-0.05, 0) is 41.5 Å². The van der Waals surface area contributed by atoms with E-state index >= 15 is 0 Å². The topological polar surface area (TPSA) is 108 Å². The van der Waals surface area contributed by atoms with Crippen molar-refractivity contribution in [3.63, 3.8) is 0 Å². The molecule has 4 N–H and O–H groups in total. The number of anilines is 1. The van der Waals surface area contributed by atoms with Crippen molar-refractivity contribution in [2.45, 2.75) is 50.8 Å². The van der Waals surface area contributed by atoms with Crippen molar-refractivity contribution in [1.29, 1.82) is 0 Å². The number of nitrogens with one attached hydrogen (secondary N) is 3. The molecule has 0 aromatic heterocycles. The number of hydrogen-bond donors (Lipinski definition) is 4. The van der Waals surface area contributed by atoms with Gasteiger partial charge in [-0.15, -0.1) is 0 Å². The van der Waals surface area contributed by atoms with Crippen LogP contribution in [0.1, 0.15) is 48.9 Å². The minimum absolute atomic E-state index is 0.104. The van der Waals surface area contributed by atoms with Gasteiger partial charge < -0.3 is 21.1 Å². The van der Waals surface area contributed by atoms with Crippen LogP contribution in [0.2, 0.25) is 0 Å². The molecule has 1 heterocycles. The Hall–Kier alpha value is -3.97. The van der Waals surface area contributed by atoms with Crippen LogP contribution in [0.3, 0.4) is 0 Å². The lowest BCUT2D eigenvalue weighted by Crippen LogP contribution is -2.52. The molecule has 4 atom stereocenters. The molecule has 3 aromatic rings. The molecular formula is C30H33N3O4. The Morgan fingerprint density at radius 2 is 1.54 bits per heavy atom. The zero-order valence-corrected chi connectivity index (χ0v) is 21.1. The predicted molar refractivity (Wildman–Crippen MR) is 143 cm³/mol. The van der Waals surface area contributed by atoms with Crippen LogP contribution in [0.15, 0.2) is 84.9 Å². The number of amides is 3. The molecule has 7 nitrogen and oxygen atoms in total. The number of benzene rings is 3. The molecule has 0 unspecified atom stereocenters. The average molecular weight is 500 g/mol. The molecule has 0 fully saturated rings. The number of rotatable bonds is 8. The van der Waals surface area contributed by atoms with Gasteiger partial charge in [-0.2, -0.15) is 0 Å². The first-order valence-corrected chi connectivity index (χ1v) is 12.6. The minimum Gasteiger partial charge on any atom is -0.383 e. The summed E-state index contributed by atoms with van der Waals surface area (Å²) in [7, 11) is 0. The number of aliphatic hydroxyl groups excluding tert-OH is 1. The van der Waals surface area contributed by atoms with Gasteiger partial charge in [0.15, 0.2) is 0 Å². The van der Waals surface area contributed by atoms with Crippen LogP contribution in [-0.4, -0.2) is 35.0 Å². The first-order chi connectivity index (χ1) is 17.8. The van der Waals surface area contributed by atoms with Gasteiger partial charge in [-0.1, -0.05) is 92.7 Å². The molecule has 37 heavy (non-hydrogen) atoms. The fraction of sp³-hybridized carbons (Fsp3) is 0.300. The van der Waals surface area contributed by atoms with E-state index in [1.54, 1.807) is 24.3 Å². The molecule has 3 amide bonds. The van der Waals surface area contributed by atoms with Crippen molar-refractivity contribution in [3.8, 4) is 0 Å². The minimum atomic E-state index is -1.24. The molecule has 192 valence electrons. The molecule has 4 rings (SSSR count). The zero-order chi connectivity index (χ0) is 26.4. The van der Waals surface area contributed by atoms with Gasteiger partial charge in [0.1, 0.15) is 18.2 Å². The normalized spacial score (nSPS) is 18.6. The van der Waals surface area contributed by atoms with Crippen LogP contribution in [0, 0.1) is 5.92 Å². The maximum absolute atomic E-state index is 13.7. The van der Waals surface area contributed by atoms with Crippen molar-refractivity contribution >= 4 is 23.4 Å². The van der Waals surface area contributed by atoms with Gasteiger partial charge in [0.05, 0.1) is 0 Å². The van der Waals surface area contributed by atoms with Crippen molar-refractivity contribution in [2.24, 2.45) is 5.92 Å². The number of carbonyl (C=O) groups is 3. The molecule has 0 radical (unpaired) electrons. The third-order valence-corrected chi connectivity index (χ3v) is 6.60. The predicted octanol–water partition coefficient (Wildman–Crippen LogP) is 3.71.